The van der Waals surface area contributed by atoms with Gasteiger partial charge in [0.1, 0.15) is 6.04 Å². The normalized spacial score (nSPS) is 17.9. The topological polar surface area (TPSA) is 92.6 Å². The van der Waals surface area contributed by atoms with Crippen molar-refractivity contribution in [2.45, 2.75) is 13.0 Å². The Morgan fingerprint density at radius 3 is 2.87 bits per heavy atom. The molecule has 1 aliphatic heterocycles. The molecule has 0 aliphatic carbocycles. The molecule has 2 amide bonds. The summed E-state index contributed by atoms with van der Waals surface area (Å²) in [5.74, 6) is -0.424. The van der Waals surface area contributed by atoms with Crippen molar-refractivity contribution in [2.75, 3.05) is 13.1 Å². The highest BCUT2D eigenvalue weighted by atomic mass is 16.6. The number of fused-ring (bicyclic) bond motifs is 1. The summed E-state index contributed by atoms with van der Waals surface area (Å²) >= 11 is 0. The number of nitrogens with one attached hydrogen (secondary N) is 1. The van der Waals surface area contributed by atoms with Gasteiger partial charge in [0.2, 0.25) is 5.91 Å². The van der Waals surface area contributed by atoms with Crippen molar-refractivity contribution < 1.29 is 14.5 Å². The minimum Gasteiger partial charge on any atom is -0.353 e. The minimum atomic E-state index is -0.537. The van der Waals surface area contributed by atoms with E-state index in [4.69, 9.17) is 0 Å². The molecule has 1 unspecified atom stereocenters. The summed E-state index contributed by atoms with van der Waals surface area (Å²) in [6.45, 7) is 2.54. The first-order valence-electron chi connectivity index (χ1n) is 7.25. The molecular weight excluding hydrogens is 298 g/mol. The summed E-state index contributed by atoms with van der Waals surface area (Å²) in [5, 5.41) is 14.9. The summed E-state index contributed by atoms with van der Waals surface area (Å²) in [5.41, 5.74) is 0.423. The van der Waals surface area contributed by atoms with Gasteiger partial charge in [0.15, 0.2) is 0 Å². The third kappa shape index (κ3) is 2.61. The van der Waals surface area contributed by atoms with Crippen molar-refractivity contribution in [1.82, 2.24) is 10.2 Å². The van der Waals surface area contributed by atoms with Crippen LogP contribution in [0, 0.1) is 10.1 Å². The Balaban J connectivity index is 2.04. The van der Waals surface area contributed by atoms with Crippen molar-refractivity contribution in [3.63, 3.8) is 0 Å². The number of amides is 2. The highest BCUT2D eigenvalue weighted by Crippen LogP contribution is 2.25. The van der Waals surface area contributed by atoms with Crippen LogP contribution in [0.25, 0.3) is 10.8 Å². The summed E-state index contributed by atoms with van der Waals surface area (Å²) in [7, 11) is 0. The lowest BCUT2D eigenvalue weighted by Gasteiger charge is -2.33. The molecule has 3 rings (SSSR count). The van der Waals surface area contributed by atoms with E-state index in [0.717, 1.165) is 0 Å². The van der Waals surface area contributed by atoms with Crippen LogP contribution in [0.2, 0.25) is 0 Å². The number of rotatable bonds is 2. The number of hydrogen-bond acceptors (Lipinski definition) is 4. The highest BCUT2D eigenvalue weighted by Gasteiger charge is 2.30. The fourth-order valence-electron chi connectivity index (χ4n) is 2.79. The van der Waals surface area contributed by atoms with E-state index in [0.29, 0.717) is 29.4 Å². The van der Waals surface area contributed by atoms with E-state index < -0.39 is 11.0 Å². The number of piperazine rings is 1. The van der Waals surface area contributed by atoms with Crippen molar-refractivity contribution in [1.29, 1.82) is 0 Å². The van der Waals surface area contributed by atoms with Gasteiger partial charge in [-0.25, -0.2) is 0 Å². The number of nitro groups is 1. The highest BCUT2D eigenvalue weighted by molar-refractivity contribution is 6.08. The smallest absolute Gasteiger partial charge is 0.270 e. The van der Waals surface area contributed by atoms with Crippen LogP contribution in [0.4, 0.5) is 5.69 Å². The van der Waals surface area contributed by atoms with E-state index in [1.54, 1.807) is 31.2 Å². The van der Waals surface area contributed by atoms with Crippen molar-refractivity contribution in [3.8, 4) is 0 Å². The summed E-state index contributed by atoms with van der Waals surface area (Å²) in [6, 6.07) is 8.96. The Bertz CT molecular complexity index is 818. The van der Waals surface area contributed by atoms with Gasteiger partial charge in [-0.15, -0.1) is 0 Å². The standard InChI is InChI=1S/C16H15N3O4/c1-10-15(20)17-7-8-18(10)16(21)14-4-2-3-11-9-12(19(22)23)5-6-13(11)14/h2-6,9-10H,7-8H2,1H3,(H,17,20). The molecule has 2 aromatic carbocycles. The van der Waals surface area contributed by atoms with Crippen LogP contribution in [0.5, 0.6) is 0 Å². The van der Waals surface area contributed by atoms with E-state index in [-0.39, 0.29) is 17.5 Å². The van der Waals surface area contributed by atoms with Crippen molar-refractivity contribution in [3.05, 3.63) is 52.1 Å². The first-order chi connectivity index (χ1) is 11.0. The lowest BCUT2D eigenvalue weighted by atomic mass is 10.0. The quantitative estimate of drug-likeness (QED) is 0.674. The number of carbonyl (C=O) groups is 2. The van der Waals surface area contributed by atoms with Crippen molar-refractivity contribution >= 4 is 28.3 Å². The Morgan fingerprint density at radius 1 is 1.35 bits per heavy atom. The van der Waals surface area contributed by atoms with Gasteiger partial charge in [-0.1, -0.05) is 12.1 Å². The van der Waals surface area contributed by atoms with E-state index in [1.807, 2.05) is 0 Å². The van der Waals surface area contributed by atoms with Crippen LogP contribution in [-0.4, -0.2) is 40.8 Å². The molecule has 1 aliphatic rings. The molecular formula is C16H15N3O4. The average Bonchev–Trinajstić information content (AvgIpc) is 2.55. The van der Waals surface area contributed by atoms with Crippen LogP contribution in [0.1, 0.15) is 17.3 Å². The third-order valence-electron chi connectivity index (χ3n) is 4.06. The number of nitro benzene ring substituents is 1. The maximum Gasteiger partial charge on any atom is 0.270 e. The Hall–Kier alpha value is -2.96. The number of nitrogens with zero attached hydrogens (tertiary/aromatic N) is 2. The fourth-order valence-corrected chi connectivity index (χ4v) is 2.79. The van der Waals surface area contributed by atoms with Gasteiger partial charge in [0.05, 0.1) is 4.92 Å². The lowest BCUT2D eigenvalue weighted by molar-refractivity contribution is -0.384. The van der Waals surface area contributed by atoms with Crippen LogP contribution in [0.3, 0.4) is 0 Å². The Labute approximate surface area is 132 Å². The van der Waals surface area contributed by atoms with E-state index in [2.05, 4.69) is 5.32 Å². The van der Waals surface area contributed by atoms with Gasteiger partial charge >= 0.3 is 0 Å². The zero-order chi connectivity index (χ0) is 16.6. The molecule has 1 saturated heterocycles. The van der Waals surface area contributed by atoms with Crippen LogP contribution in [-0.2, 0) is 4.79 Å². The molecule has 1 atom stereocenters. The lowest BCUT2D eigenvalue weighted by Crippen LogP contribution is -2.55. The van der Waals surface area contributed by atoms with Crippen LogP contribution < -0.4 is 5.32 Å². The summed E-state index contributed by atoms with van der Waals surface area (Å²) in [4.78, 5) is 36.5. The summed E-state index contributed by atoms with van der Waals surface area (Å²) < 4.78 is 0. The molecule has 0 radical (unpaired) electrons. The molecule has 1 N–H and O–H groups in total. The molecule has 1 heterocycles. The average molecular weight is 313 g/mol. The number of carbonyl (C=O) groups excluding carboxylic acids is 2. The maximum absolute atomic E-state index is 12.8. The Kier molecular flexibility index (Phi) is 3.69. The second-order valence-electron chi connectivity index (χ2n) is 5.43. The van der Waals surface area contributed by atoms with Gasteiger partial charge < -0.3 is 10.2 Å². The summed E-state index contributed by atoms with van der Waals surface area (Å²) in [6.07, 6.45) is 0. The van der Waals surface area contributed by atoms with Crippen molar-refractivity contribution in [2.24, 2.45) is 0 Å². The molecule has 2 aromatic rings. The number of benzene rings is 2. The molecule has 7 heteroatoms. The minimum absolute atomic E-state index is 0.0205. The monoisotopic (exact) mass is 313 g/mol. The first kappa shape index (κ1) is 15.0. The molecule has 0 spiro atoms. The van der Waals surface area contributed by atoms with Gasteiger partial charge in [0, 0.05) is 30.8 Å². The molecule has 23 heavy (non-hydrogen) atoms. The Morgan fingerprint density at radius 2 is 2.13 bits per heavy atom. The molecule has 0 bridgehead atoms. The van der Waals surface area contributed by atoms with Gasteiger partial charge in [-0.3, -0.25) is 19.7 Å². The molecule has 0 saturated carbocycles. The predicted molar refractivity (Wildman–Crippen MR) is 84.1 cm³/mol. The van der Waals surface area contributed by atoms with Crippen LogP contribution in [0.15, 0.2) is 36.4 Å². The van der Waals surface area contributed by atoms with Crippen LogP contribution >= 0.6 is 0 Å². The molecule has 118 valence electrons. The van der Waals surface area contributed by atoms with Gasteiger partial charge in [-0.05, 0) is 29.8 Å². The first-order valence-corrected chi connectivity index (χ1v) is 7.25. The van der Waals surface area contributed by atoms with Gasteiger partial charge in [-0.2, -0.15) is 0 Å². The number of non-ortho nitro benzene ring substituents is 1. The third-order valence-corrected chi connectivity index (χ3v) is 4.06. The second kappa shape index (κ2) is 5.68. The SMILES string of the molecule is CC1C(=O)NCCN1C(=O)c1cccc2cc([N+](=O)[O-])ccc12. The molecule has 0 aromatic heterocycles. The molecule has 7 nitrogen and oxygen atoms in total. The van der Waals surface area contributed by atoms with E-state index in [9.17, 15) is 19.7 Å². The van der Waals surface area contributed by atoms with E-state index in [1.165, 1.54) is 17.0 Å². The largest absolute Gasteiger partial charge is 0.353 e. The second-order valence-corrected chi connectivity index (χ2v) is 5.43. The maximum atomic E-state index is 12.8. The zero-order valence-electron chi connectivity index (χ0n) is 12.5. The predicted octanol–water partition coefficient (Wildman–Crippen LogP) is 1.71. The zero-order valence-corrected chi connectivity index (χ0v) is 12.5. The fraction of sp³-hybridized carbons (Fsp3) is 0.250. The number of hydrogen-bond donors (Lipinski definition) is 1. The van der Waals surface area contributed by atoms with Gasteiger partial charge in [0.25, 0.3) is 11.6 Å². The molecule has 1 fully saturated rings. The van der Waals surface area contributed by atoms with E-state index >= 15 is 0 Å².